The van der Waals surface area contributed by atoms with Crippen LogP contribution < -0.4 is 5.32 Å². The van der Waals surface area contributed by atoms with Crippen LogP contribution in [0.2, 0.25) is 0 Å². The van der Waals surface area contributed by atoms with Crippen molar-refractivity contribution in [2.75, 3.05) is 31.9 Å². The summed E-state index contributed by atoms with van der Waals surface area (Å²) in [5.41, 5.74) is 0. The SMILES string of the molecule is CC(C)NCC1CCCN(CCSc2ccccc2)C1. The fourth-order valence-electron chi connectivity index (χ4n) is 2.73. The molecule has 0 aromatic heterocycles. The number of hydrogen-bond acceptors (Lipinski definition) is 3. The Hall–Kier alpha value is -0.510. The summed E-state index contributed by atoms with van der Waals surface area (Å²) in [5, 5.41) is 3.59. The molecule has 1 aliphatic rings. The molecule has 0 spiro atoms. The van der Waals surface area contributed by atoms with Crippen molar-refractivity contribution in [3.8, 4) is 0 Å². The van der Waals surface area contributed by atoms with E-state index in [1.54, 1.807) is 0 Å². The number of nitrogens with zero attached hydrogens (tertiary/aromatic N) is 1. The van der Waals surface area contributed by atoms with Crippen LogP contribution in [-0.2, 0) is 0 Å². The Labute approximate surface area is 128 Å². The lowest BCUT2D eigenvalue weighted by molar-refractivity contribution is 0.180. The van der Waals surface area contributed by atoms with Crippen molar-refractivity contribution in [3.63, 3.8) is 0 Å². The number of benzene rings is 1. The molecule has 0 amide bonds. The maximum Gasteiger partial charge on any atom is 0.0108 e. The molecule has 0 bridgehead atoms. The van der Waals surface area contributed by atoms with E-state index < -0.39 is 0 Å². The second-order valence-corrected chi connectivity index (χ2v) is 7.20. The van der Waals surface area contributed by atoms with Crippen molar-refractivity contribution >= 4 is 11.8 Å². The highest BCUT2D eigenvalue weighted by Gasteiger charge is 2.19. The molecule has 2 rings (SSSR count). The smallest absolute Gasteiger partial charge is 0.0108 e. The highest BCUT2D eigenvalue weighted by molar-refractivity contribution is 7.99. The lowest BCUT2D eigenvalue weighted by Crippen LogP contribution is -2.41. The third-order valence-corrected chi connectivity index (χ3v) is 4.83. The van der Waals surface area contributed by atoms with E-state index in [2.05, 4.69) is 54.4 Å². The molecule has 1 atom stereocenters. The number of likely N-dealkylation sites (tertiary alicyclic amines) is 1. The Morgan fingerprint density at radius 1 is 1.30 bits per heavy atom. The molecule has 3 heteroatoms. The Bertz CT molecular complexity index is 367. The van der Waals surface area contributed by atoms with Gasteiger partial charge in [0.25, 0.3) is 0 Å². The van der Waals surface area contributed by atoms with Gasteiger partial charge in [-0.1, -0.05) is 32.0 Å². The second-order valence-electron chi connectivity index (χ2n) is 6.03. The van der Waals surface area contributed by atoms with Crippen molar-refractivity contribution < 1.29 is 0 Å². The lowest BCUT2D eigenvalue weighted by atomic mass is 9.98. The standard InChI is InChI=1S/C17H28N2S/c1-15(2)18-13-16-7-6-10-19(14-16)11-12-20-17-8-4-3-5-9-17/h3-5,8-9,15-16,18H,6-7,10-14H2,1-2H3. The largest absolute Gasteiger partial charge is 0.314 e. The first-order valence-corrected chi connectivity index (χ1v) is 8.86. The van der Waals surface area contributed by atoms with Crippen LogP contribution in [0.4, 0.5) is 0 Å². The summed E-state index contributed by atoms with van der Waals surface area (Å²) in [4.78, 5) is 4.04. The van der Waals surface area contributed by atoms with Gasteiger partial charge in [0.2, 0.25) is 0 Å². The molecule has 1 saturated heterocycles. The summed E-state index contributed by atoms with van der Waals surface area (Å²) in [6, 6.07) is 11.3. The molecule has 0 aliphatic carbocycles. The highest BCUT2D eigenvalue weighted by atomic mass is 32.2. The Balaban J connectivity index is 1.65. The van der Waals surface area contributed by atoms with E-state index in [1.807, 2.05) is 11.8 Å². The van der Waals surface area contributed by atoms with Crippen LogP contribution in [0.25, 0.3) is 0 Å². The van der Waals surface area contributed by atoms with Crippen LogP contribution in [0.3, 0.4) is 0 Å². The van der Waals surface area contributed by atoms with Gasteiger partial charge in [-0.25, -0.2) is 0 Å². The van der Waals surface area contributed by atoms with Crippen molar-refractivity contribution in [1.29, 1.82) is 0 Å². The van der Waals surface area contributed by atoms with Gasteiger partial charge in [0, 0.05) is 29.8 Å². The van der Waals surface area contributed by atoms with E-state index in [0.29, 0.717) is 6.04 Å². The topological polar surface area (TPSA) is 15.3 Å². The minimum atomic E-state index is 0.610. The highest BCUT2D eigenvalue weighted by Crippen LogP contribution is 2.19. The van der Waals surface area contributed by atoms with Gasteiger partial charge in [0.1, 0.15) is 0 Å². The molecule has 1 heterocycles. The first-order chi connectivity index (χ1) is 9.74. The number of hydrogen-bond donors (Lipinski definition) is 1. The van der Waals surface area contributed by atoms with Crippen LogP contribution in [0.15, 0.2) is 35.2 Å². The van der Waals surface area contributed by atoms with Gasteiger partial charge in [-0.2, -0.15) is 0 Å². The zero-order valence-corrected chi connectivity index (χ0v) is 13.7. The molecule has 2 nitrogen and oxygen atoms in total. The summed E-state index contributed by atoms with van der Waals surface area (Å²) >= 11 is 1.98. The summed E-state index contributed by atoms with van der Waals surface area (Å²) < 4.78 is 0. The van der Waals surface area contributed by atoms with Gasteiger partial charge >= 0.3 is 0 Å². The minimum Gasteiger partial charge on any atom is -0.314 e. The number of nitrogens with one attached hydrogen (secondary N) is 1. The molecule has 20 heavy (non-hydrogen) atoms. The van der Waals surface area contributed by atoms with Gasteiger partial charge in [0.05, 0.1) is 0 Å². The molecule has 1 N–H and O–H groups in total. The van der Waals surface area contributed by atoms with Crippen LogP contribution >= 0.6 is 11.8 Å². The third kappa shape index (κ3) is 5.86. The molecule has 1 fully saturated rings. The Kier molecular flexibility index (Phi) is 6.91. The van der Waals surface area contributed by atoms with Crippen LogP contribution in [-0.4, -0.2) is 42.9 Å². The zero-order valence-electron chi connectivity index (χ0n) is 12.8. The number of thioether (sulfide) groups is 1. The van der Waals surface area contributed by atoms with Gasteiger partial charge in [-0.3, -0.25) is 0 Å². The second kappa shape index (κ2) is 8.71. The van der Waals surface area contributed by atoms with Crippen molar-refractivity contribution in [3.05, 3.63) is 30.3 Å². The van der Waals surface area contributed by atoms with E-state index in [-0.39, 0.29) is 0 Å². The van der Waals surface area contributed by atoms with Crippen LogP contribution in [0.5, 0.6) is 0 Å². The number of piperidine rings is 1. The van der Waals surface area contributed by atoms with Crippen molar-refractivity contribution in [2.24, 2.45) is 5.92 Å². The molecular formula is C17H28N2S. The molecule has 112 valence electrons. The average molecular weight is 292 g/mol. The normalized spacial score (nSPS) is 20.4. The minimum absolute atomic E-state index is 0.610. The molecule has 1 aromatic carbocycles. The van der Waals surface area contributed by atoms with Gasteiger partial charge < -0.3 is 10.2 Å². The first kappa shape index (κ1) is 15.9. The van der Waals surface area contributed by atoms with Gasteiger partial charge in [0.15, 0.2) is 0 Å². The predicted octanol–water partition coefficient (Wildman–Crippen LogP) is 3.49. The third-order valence-electron chi connectivity index (χ3n) is 3.84. The van der Waals surface area contributed by atoms with E-state index in [0.717, 1.165) is 5.92 Å². The fourth-order valence-corrected chi connectivity index (χ4v) is 3.67. The molecule has 1 unspecified atom stereocenters. The quantitative estimate of drug-likeness (QED) is 0.775. The summed E-state index contributed by atoms with van der Waals surface area (Å²) in [6.45, 7) is 9.43. The maximum absolute atomic E-state index is 3.59. The molecule has 1 aromatic rings. The summed E-state index contributed by atoms with van der Waals surface area (Å²) in [7, 11) is 0. The molecule has 0 saturated carbocycles. The van der Waals surface area contributed by atoms with Gasteiger partial charge in [-0.05, 0) is 44.0 Å². The summed E-state index contributed by atoms with van der Waals surface area (Å²) in [5.74, 6) is 2.04. The number of rotatable bonds is 7. The maximum atomic E-state index is 3.59. The van der Waals surface area contributed by atoms with Gasteiger partial charge in [-0.15, -0.1) is 11.8 Å². The predicted molar refractivity (Wildman–Crippen MR) is 89.5 cm³/mol. The first-order valence-electron chi connectivity index (χ1n) is 7.87. The van der Waals surface area contributed by atoms with E-state index >= 15 is 0 Å². The molecule has 0 radical (unpaired) electrons. The molecular weight excluding hydrogens is 264 g/mol. The Morgan fingerprint density at radius 3 is 2.85 bits per heavy atom. The van der Waals surface area contributed by atoms with E-state index in [1.165, 1.54) is 49.7 Å². The van der Waals surface area contributed by atoms with E-state index in [9.17, 15) is 0 Å². The lowest BCUT2D eigenvalue weighted by Gasteiger charge is -2.33. The van der Waals surface area contributed by atoms with Crippen molar-refractivity contribution in [2.45, 2.75) is 37.6 Å². The van der Waals surface area contributed by atoms with E-state index in [4.69, 9.17) is 0 Å². The van der Waals surface area contributed by atoms with Crippen LogP contribution in [0.1, 0.15) is 26.7 Å². The fraction of sp³-hybridized carbons (Fsp3) is 0.647. The van der Waals surface area contributed by atoms with Crippen molar-refractivity contribution in [1.82, 2.24) is 10.2 Å². The zero-order chi connectivity index (χ0) is 14.2. The Morgan fingerprint density at radius 2 is 2.10 bits per heavy atom. The molecule has 1 aliphatic heterocycles. The monoisotopic (exact) mass is 292 g/mol. The van der Waals surface area contributed by atoms with Crippen LogP contribution in [0, 0.1) is 5.92 Å². The average Bonchev–Trinajstić information content (AvgIpc) is 2.47. The summed E-state index contributed by atoms with van der Waals surface area (Å²) in [6.07, 6.45) is 2.75.